The van der Waals surface area contributed by atoms with Gasteiger partial charge in [0.05, 0.1) is 25.0 Å². The lowest BCUT2D eigenvalue weighted by atomic mass is 10.1. The summed E-state index contributed by atoms with van der Waals surface area (Å²) in [4.78, 5) is 11.2. The number of hydrogen-bond donors (Lipinski definition) is 1. The van der Waals surface area contributed by atoms with Crippen molar-refractivity contribution in [1.29, 1.82) is 0 Å². The summed E-state index contributed by atoms with van der Waals surface area (Å²) in [6.07, 6.45) is 0. The SMILES string of the molecule is COc1ccccc1-c1cc(-c2cc3c(cc2OCC(=O)O)OCO3)nn1Cc1ccccc1. The first-order valence-corrected chi connectivity index (χ1v) is 10.7. The summed E-state index contributed by atoms with van der Waals surface area (Å²) >= 11 is 0. The van der Waals surface area contributed by atoms with Crippen molar-refractivity contribution >= 4 is 5.97 Å². The molecule has 8 heteroatoms. The van der Waals surface area contributed by atoms with E-state index in [0.717, 1.165) is 22.6 Å². The molecule has 3 aromatic carbocycles. The normalized spacial score (nSPS) is 11.9. The van der Waals surface area contributed by atoms with E-state index in [1.807, 2.05) is 65.3 Å². The van der Waals surface area contributed by atoms with Crippen molar-refractivity contribution in [2.75, 3.05) is 20.5 Å². The molecule has 4 aromatic rings. The molecule has 8 nitrogen and oxygen atoms in total. The molecule has 0 saturated carbocycles. The van der Waals surface area contributed by atoms with E-state index in [-0.39, 0.29) is 6.79 Å². The predicted octanol–water partition coefficient (Wildman–Crippen LogP) is 4.47. The second-order valence-corrected chi connectivity index (χ2v) is 7.64. The molecule has 172 valence electrons. The highest BCUT2D eigenvalue weighted by Gasteiger charge is 2.23. The molecule has 0 bridgehead atoms. The van der Waals surface area contributed by atoms with Crippen LogP contribution in [0.4, 0.5) is 0 Å². The summed E-state index contributed by atoms with van der Waals surface area (Å²) in [5, 5.41) is 14.0. The summed E-state index contributed by atoms with van der Waals surface area (Å²) in [5.41, 5.74) is 4.02. The highest BCUT2D eigenvalue weighted by Crippen LogP contribution is 2.43. The minimum absolute atomic E-state index is 0.0894. The van der Waals surface area contributed by atoms with Gasteiger partial charge in [0.15, 0.2) is 18.1 Å². The van der Waals surface area contributed by atoms with Crippen molar-refractivity contribution in [1.82, 2.24) is 9.78 Å². The van der Waals surface area contributed by atoms with Crippen molar-refractivity contribution in [3.63, 3.8) is 0 Å². The van der Waals surface area contributed by atoms with Crippen LogP contribution < -0.4 is 18.9 Å². The molecule has 0 atom stereocenters. The Hall–Kier alpha value is -4.46. The molecule has 0 aliphatic carbocycles. The lowest BCUT2D eigenvalue weighted by Crippen LogP contribution is -2.10. The van der Waals surface area contributed by atoms with Crippen molar-refractivity contribution in [2.45, 2.75) is 6.54 Å². The molecule has 0 saturated heterocycles. The van der Waals surface area contributed by atoms with Gasteiger partial charge in [0, 0.05) is 17.2 Å². The molecule has 1 aromatic heterocycles. The Balaban J connectivity index is 1.65. The maximum atomic E-state index is 11.2. The van der Waals surface area contributed by atoms with E-state index in [2.05, 4.69) is 0 Å². The molecule has 5 rings (SSSR count). The monoisotopic (exact) mass is 458 g/mol. The second-order valence-electron chi connectivity index (χ2n) is 7.64. The molecule has 0 amide bonds. The van der Waals surface area contributed by atoms with E-state index in [1.165, 1.54) is 0 Å². The Bertz CT molecular complexity index is 1330. The van der Waals surface area contributed by atoms with Crippen LogP contribution in [0.5, 0.6) is 23.0 Å². The third kappa shape index (κ3) is 4.25. The highest BCUT2D eigenvalue weighted by molar-refractivity contribution is 5.78. The molecule has 0 unspecified atom stereocenters. The molecule has 0 spiro atoms. The minimum Gasteiger partial charge on any atom is -0.496 e. The number of carboxylic acids is 1. The van der Waals surface area contributed by atoms with Gasteiger partial charge in [-0.05, 0) is 29.8 Å². The summed E-state index contributed by atoms with van der Waals surface area (Å²) in [6, 6.07) is 23.1. The van der Waals surface area contributed by atoms with Crippen molar-refractivity contribution in [3.8, 4) is 45.5 Å². The van der Waals surface area contributed by atoms with E-state index in [4.69, 9.17) is 29.2 Å². The molecule has 34 heavy (non-hydrogen) atoms. The van der Waals surface area contributed by atoms with Gasteiger partial charge in [-0.3, -0.25) is 4.68 Å². The molecular weight excluding hydrogens is 436 g/mol. The smallest absolute Gasteiger partial charge is 0.341 e. The van der Waals surface area contributed by atoms with Crippen LogP contribution in [0, 0.1) is 0 Å². The fourth-order valence-electron chi connectivity index (χ4n) is 3.88. The quantitative estimate of drug-likeness (QED) is 0.417. The number of hydrogen-bond acceptors (Lipinski definition) is 6. The zero-order valence-corrected chi connectivity index (χ0v) is 18.4. The van der Waals surface area contributed by atoms with E-state index >= 15 is 0 Å². The van der Waals surface area contributed by atoms with Crippen LogP contribution in [0.3, 0.4) is 0 Å². The Morgan fingerprint density at radius 3 is 2.47 bits per heavy atom. The average Bonchev–Trinajstić information content (AvgIpc) is 3.49. The number of carboxylic acid groups (broad SMARTS) is 1. The molecule has 1 aliphatic rings. The lowest BCUT2D eigenvalue weighted by molar-refractivity contribution is -0.139. The number of para-hydroxylation sites is 1. The van der Waals surface area contributed by atoms with Crippen LogP contribution in [0.1, 0.15) is 5.56 Å². The van der Waals surface area contributed by atoms with Gasteiger partial charge in [-0.2, -0.15) is 5.10 Å². The lowest BCUT2D eigenvalue weighted by Gasteiger charge is -2.11. The zero-order chi connectivity index (χ0) is 23.5. The minimum atomic E-state index is -1.08. The summed E-state index contributed by atoms with van der Waals surface area (Å²) in [6.45, 7) is 0.132. The molecular formula is C26H22N2O6. The first-order valence-electron chi connectivity index (χ1n) is 10.7. The van der Waals surface area contributed by atoms with Gasteiger partial charge in [0.25, 0.3) is 0 Å². The zero-order valence-electron chi connectivity index (χ0n) is 18.4. The molecule has 1 N–H and O–H groups in total. The van der Waals surface area contributed by atoms with E-state index in [9.17, 15) is 4.79 Å². The molecule has 0 fully saturated rings. The first kappa shape index (κ1) is 21.4. The number of fused-ring (bicyclic) bond motifs is 1. The van der Waals surface area contributed by atoms with Gasteiger partial charge >= 0.3 is 5.97 Å². The van der Waals surface area contributed by atoms with Crippen LogP contribution in [-0.2, 0) is 11.3 Å². The topological polar surface area (TPSA) is 92.0 Å². The Labute approximate surface area is 195 Å². The van der Waals surface area contributed by atoms with Crippen molar-refractivity contribution in [3.05, 3.63) is 78.4 Å². The molecule has 1 aliphatic heterocycles. The number of carbonyl (C=O) groups is 1. The van der Waals surface area contributed by atoms with E-state index in [1.54, 1.807) is 19.2 Å². The maximum Gasteiger partial charge on any atom is 0.341 e. The van der Waals surface area contributed by atoms with Crippen molar-refractivity contribution in [2.24, 2.45) is 0 Å². The third-order valence-corrected chi connectivity index (χ3v) is 5.44. The number of aromatic nitrogens is 2. The van der Waals surface area contributed by atoms with Crippen LogP contribution in [0.15, 0.2) is 72.8 Å². The van der Waals surface area contributed by atoms with Crippen LogP contribution >= 0.6 is 0 Å². The summed E-state index contributed by atoms with van der Waals surface area (Å²) in [7, 11) is 1.63. The highest BCUT2D eigenvalue weighted by atomic mass is 16.7. The van der Waals surface area contributed by atoms with Gasteiger partial charge < -0.3 is 24.1 Å². The van der Waals surface area contributed by atoms with Gasteiger partial charge in [-0.25, -0.2) is 4.79 Å². The van der Waals surface area contributed by atoms with E-state index in [0.29, 0.717) is 35.1 Å². The van der Waals surface area contributed by atoms with Crippen LogP contribution in [-0.4, -0.2) is 41.4 Å². The number of benzene rings is 3. The standard InChI is InChI=1S/C26H22N2O6/c1-31-22-10-6-5-9-18(22)21-12-20(27-28(21)14-17-7-3-2-4-8-17)19-11-24-25(34-16-33-24)13-23(19)32-15-26(29)30/h2-13H,14-16H2,1H3,(H,29,30). The third-order valence-electron chi connectivity index (χ3n) is 5.44. The van der Waals surface area contributed by atoms with Crippen molar-refractivity contribution < 1.29 is 28.8 Å². The maximum absolute atomic E-state index is 11.2. The average molecular weight is 458 g/mol. The van der Waals surface area contributed by atoms with Gasteiger partial charge in [-0.1, -0.05) is 42.5 Å². The van der Waals surface area contributed by atoms with Crippen LogP contribution in [0.25, 0.3) is 22.5 Å². The largest absolute Gasteiger partial charge is 0.496 e. The molecule has 2 heterocycles. The number of ether oxygens (including phenoxy) is 4. The fourth-order valence-corrected chi connectivity index (χ4v) is 3.88. The van der Waals surface area contributed by atoms with Crippen LogP contribution in [0.2, 0.25) is 0 Å². The summed E-state index contributed by atoms with van der Waals surface area (Å²) < 4.78 is 24.1. The number of rotatable bonds is 8. The Morgan fingerprint density at radius 2 is 1.71 bits per heavy atom. The Morgan fingerprint density at radius 1 is 0.971 bits per heavy atom. The second kappa shape index (κ2) is 9.19. The number of nitrogens with zero attached hydrogens (tertiary/aromatic N) is 2. The van der Waals surface area contributed by atoms with Gasteiger partial charge in [0.2, 0.25) is 6.79 Å². The Kier molecular flexibility index (Phi) is 5.78. The van der Waals surface area contributed by atoms with Gasteiger partial charge in [-0.15, -0.1) is 0 Å². The van der Waals surface area contributed by atoms with Gasteiger partial charge in [0.1, 0.15) is 11.5 Å². The first-order chi connectivity index (χ1) is 16.6. The number of methoxy groups -OCH3 is 1. The molecule has 0 radical (unpaired) electrons. The van der Waals surface area contributed by atoms with E-state index < -0.39 is 12.6 Å². The fraction of sp³-hybridized carbons (Fsp3) is 0.154. The predicted molar refractivity (Wildman–Crippen MR) is 124 cm³/mol. The summed E-state index contributed by atoms with van der Waals surface area (Å²) in [5.74, 6) is 1.04. The number of aliphatic carboxylic acids is 1.